The van der Waals surface area contributed by atoms with E-state index in [-0.39, 0.29) is 5.38 Å². The zero-order chi connectivity index (χ0) is 13.8. The van der Waals surface area contributed by atoms with Crippen molar-refractivity contribution in [3.8, 4) is 5.75 Å². The van der Waals surface area contributed by atoms with E-state index in [1.165, 1.54) is 5.56 Å². The minimum Gasteiger partial charge on any atom is -0.497 e. The second kappa shape index (κ2) is 6.65. The summed E-state index contributed by atoms with van der Waals surface area (Å²) in [7, 11) is 1.66. The van der Waals surface area contributed by atoms with E-state index < -0.39 is 0 Å². The molecule has 19 heavy (non-hydrogen) atoms. The van der Waals surface area contributed by atoms with Crippen LogP contribution in [0.25, 0.3) is 0 Å². The lowest BCUT2D eigenvalue weighted by Crippen LogP contribution is -1.97. The van der Waals surface area contributed by atoms with Crippen molar-refractivity contribution in [1.29, 1.82) is 0 Å². The number of benzene rings is 2. The van der Waals surface area contributed by atoms with Gasteiger partial charge in [-0.25, -0.2) is 0 Å². The topological polar surface area (TPSA) is 9.23 Å². The average molecular weight is 360 g/mol. The zero-order valence-electron chi connectivity index (χ0n) is 10.4. The van der Waals surface area contributed by atoms with Gasteiger partial charge >= 0.3 is 0 Å². The SMILES string of the molecule is COc1ccc(CC(Cl)c2ccc(Cl)cc2Br)cc1. The highest BCUT2D eigenvalue weighted by molar-refractivity contribution is 9.10. The summed E-state index contributed by atoms with van der Waals surface area (Å²) in [5, 5.41) is 0.601. The molecular weight excluding hydrogens is 347 g/mol. The minimum absolute atomic E-state index is 0.0972. The molecule has 0 saturated heterocycles. The van der Waals surface area contributed by atoms with Crippen molar-refractivity contribution in [2.45, 2.75) is 11.8 Å². The van der Waals surface area contributed by atoms with Gasteiger partial charge in [0.05, 0.1) is 12.5 Å². The van der Waals surface area contributed by atoms with E-state index in [4.69, 9.17) is 27.9 Å². The van der Waals surface area contributed by atoms with Crippen molar-refractivity contribution < 1.29 is 4.74 Å². The lowest BCUT2D eigenvalue weighted by Gasteiger charge is -2.12. The number of hydrogen-bond donors (Lipinski definition) is 0. The molecule has 1 atom stereocenters. The number of methoxy groups -OCH3 is 1. The van der Waals surface area contributed by atoms with Crippen LogP contribution in [0.3, 0.4) is 0 Å². The summed E-state index contributed by atoms with van der Waals surface area (Å²) in [6.45, 7) is 0. The summed E-state index contributed by atoms with van der Waals surface area (Å²) in [6, 6.07) is 13.6. The van der Waals surface area contributed by atoms with Crippen molar-refractivity contribution in [3.63, 3.8) is 0 Å². The van der Waals surface area contributed by atoms with Crippen LogP contribution < -0.4 is 4.74 Å². The van der Waals surface area contributed by atoms with Gasteiger partial charge in [0, 0.05) is 9.50 Å². The van der Waals surface area contributed by atoms with Crippen molar-refractivity contribution >= 4 is 39.1 Å². The number of halogens is 3. The van der Waals surface area contributed by atoms with E-state index in [2.05, 4.69) is 15.9 Å². The molecule has 0 aliphatic carbocycles. The van der Waals surface area contributed by atoms with Crippen LogP contribution in [0.2, 0.25) is 5.02 Å². The summed E-state index contributed by atoms with van der Waals surface area (Å²) < 4.78 is 6.07. The van der Waals surface area contributed by atoms with E-state index in [0.29, 0.717) is 5.02 Å². The van der Waals surface area contributed by atoms with Gasteiger partial charge in [-0.05, 0) is 41.8 Å². The Labute approximate surface area is 131 Å². The molecule has 2 rings (SSSR count). The summed E-state index contributed by atoms with van der Waals surface area (Å²) >= 11 is 15.9. The Morgan fingerprint density at radius 1 is 1.16 bits per heavy atom. The van der Waals surface area contributed by atoms with Crippen LogP contribution in [0.5, 0.6) is 5.75 Å². The highest BCUT2D eigenvalue weighted by Crippen LogP contribution is 2.33. The van der Waals surface area contributed by atoms with Gasteiger partial charge in [0.15, 0.2) is 0 Å². The molecule has 0 aliphatic rings. The van der Waals surface area contributed by atoms with Crippen LogP contribution in [0.4, 0.5) is 0 Å². The van der Waals surface area contributed by atoms with Gasteiger partial charge in [0.1, 0.15) is 5.75 Å². The van der Waals surface area contributed by atoms with Crippen molar-refractivity contribution in [1.82, 2.24) is 0 Å². The average Bonchev–Trinajstić information content (AvgIpc) is 2.39. The van der Waals surface area contributed by atoms with E-state index in [1.54, 1.807) is 7.11 Å². The van der Waals surface area contributed by atoms with Gasteiger partial charge in [-0.2, -0.15) is 0 Å². The molecule has 0 fully saturated rings. The van der Waals surface area contributed by atoms with Crippen LogP contribution in [0.15, 0.2) is 46.9 Å². The van der Waals surface area contributed by atoms with Gasteiger partial charge < -0.3 is 4.74 Å². The van der Waals surface area contributed by atoms with Crippen LogP contribution in [-0.2, 0) is 6.42 Å². The fourth-order valence-corrected chi connectivity index (χ4v) is 3.29. The first-order chi connectivity index (χ1) is 9.10. The Hall–Kier alpha value is -0.700. The third kappa shape index (κ3) is 3.88. The highest BCUT2D eigenvalue weighted by Gasteiger charge is 2.12. The maximum Gasteiger partial charge on any atom is 0.118 e. The monoisotopic (exact) mass is 358 g/mol. The van der Waals surface area contributed by atoms with E-state index in [0.717, 1.165) is 22.2 Å². The summed E-state index contributed by atoms with van der Waals surface area (Å²) in [4.78, 5) is 0. The molecule has 2 aromatic rings. The third-order valence-corrected chi connectivity index (χ3v) is 4.19. The molecule has 0 radical (unpaired) electrons. The lowest BCUT2D eigenvalue weighted by molar-refractivity contribution is 0.414. The number of hydrogen-bond acceptors (Lipinski definition) is 1. The molecular formula is C15H13BrCl2O. The predicted molar refractivity (Wildman–Crippen MR) is 84.4 cm³/mol. The molecule has 100 valence electrons. The van der Waals surface area contributed by atoms with Gasteiger partial charge in [0.2, 0.25) is 0 Å². The van der Waals surface area contributed by atoms with Crippen LogP contribution >= 0.6 is 39.1 Å². The van der Waals surface area contributed by atoms with Crippen molar-refractivity contribution in [2.75, 3.05) is 7.11 Å². The maximum atomic E-state index is 6.47. The standard InChI is InChI=1S/C15H13BrCl2O/c1-19-12-5-2-10(3-6-12)8-15(18)13-7-4-11(17)9-14(13)16/h2-7,9,15H,8H2,1H3. The normalized spacial score (nSPS) is 12.2. The molecule has 0 aliphatic heterocycles. The van der Waals surface area contributed by atoms with Crippen LogP contribution in [0.1, 0.15) is 16.5 Å². The van der Waals surface area contributed by atoms with E-state index >= 15 is 0 Å². The fraction of sp³-hybridized carbons (Fsp3) is 0.200. The fourth-order valence-electron chi connectivity index (χ4n) is 1.83. The van der Waals surface area contributed by atoms with Crippen molar-refractivity contribution in [2.24, 2.45) is 0 Å². The highest BCUT2D eigenvalue weighted by atomic mass is 79.9. The number of rotatable bonds is 4. The molecule has 0 spiro atoms. The molecule has 1 unspecified atom stereocenters. The second-order valence-corrected chi connectivity index (χ2v) is 6.00. The molecule has 0 N–H and O–H groups in total. The predicted octanol–water partition coefficient (Wildman–Crippen LogP) is 5.63. The van der Waals surface area contributed by atoms with E-state index in [1.807, 2.05) is 42.5 Å². The molecule has 0 heterocycles. The maximum absolute atomic E-state index is 6.47. The first kappa shape index (κ1) is 14.7. The third-order valence-electron chi connectivity index (χ3n) is 2.87. The summed E-state index contributed by atoms with van der Waals surface area (Å²) in [5.74, 6) is 0.850. The molecule has 0 aromatic heterocycles. The summed E-state index contributed by atoms with van der Waals surface area (Å²) in [5.41, 5.74) is 2.21. The molecule has 0 saturated carbocycles. The number of alkyl halides is 1. The lowest BCUT2D eigenvalue weighted by atomic mass is 10.0. The molecule has 1 nitrogen and oxygen atoms in total. The molecule has 4 heteroatoms. The van der Waals surface area contributed by atoms with Crippen molar-refractivity contribution in [3.05, 3.63) is 63.1 Å². The smallest absolute Gasteiger partial charge is 0.118 e. The van der Waals surface area contributed by atoms with Crippen LogP contribution in [-0.4, -0.2) is 7.11 Å². The second-order valence-electron chi connectivity index (χ2n) is 4.19. The Morgan fingerprint density at radius 3 is 2.42 bits per heavy atom. The zero-order valence-corrected chi connectivity index (χ0v) is 13.5. The Morgan fingerprint density at radius 2 is 1.84 bits per heavy atom. The first-order valence-corrected chi connectivity index (χ1v) is 7.43. The Bertz CT molecular complexity index is 555. The Kier molecular flexibility index (Phi) is 5.14. The van der Waals surface area contributed by atoms with Gasteiger partial charge in [-0.15, -0.1) is 11.6 Å². The van der Waals surface area contributed by atoms with Gasteiger partial charge in [-0.3, -0.25) is 0 Å². The van der Waals surface area contributed by atoms with Crippen LogP contribution in [0, 0.1) is 0 Å². The largest absolute Gasteiger partial charge is 0.497 e. The first-order valence-electron chi connectivity index (χ1n) is 5.82. The summed E-state index contributed by atoms with van der Waals surface area (Å²) in [6.07, 6.45) is 0.756. The molecule has 2 aromatic carbocycles. The van der Waals surface area contributed by atoms with E-state index in [9.17, 15) is 0 Å². The van der Waals surface area contributed by atoms with Gasteiger partial charge in [0.25, 0.3) is 0 Å². The van der Waals surface area contributed by atoms with Gasteiger partial charge in [-0.1, -0.05) is 45.7 Å². The number of ether oxygens (including phenoxy) is 1. The minimum atomic E-state index is -0.0972. The Balaban J connectivity index is 2.13. The molecule has 0 amide bonds. The molecule has 0 bridgehead atoms. The quantitative estimate of drug-likeness (QED) is 0.642.